The lowest BCUT2D eigenvalue weighted by molar-refractivity contribution is -0.191. The summed E-state index contributed by atoms with van der Waals surface area (Å²) in [5.74, 6) is -0.875. The lowest BCUT2D eigenvalue weighted by Crippen LogP contribution is -2.54. The van der Waals surface area contributed by atoms with Crippen molar-refractivity contribution in [1.82, 2.24) is 4.98 Å². The van der Waals surface area contributed by atoms with Crippen LogP contribution in [0.3, 0.4) is 0 Å². The largest absolute Gasteiger partial charge is 0.461 e. The summed E-state index contributed by atoms with van der Waals surface area (Å²) in [7, 11) is 0. The summed E-state index contributed by atoms with van der Waals surface area (Å²) in [6, 6.07) is 10.4. The summed E-state index contributed by atoms with van der Waals surface area (Å²) < 4.78 is 5.51. The molecule has 8 heteroatoms. The minimum atomic E-state index is -1.23. The Bertz CT molecular complexity index is 880. The van der Waals surface area contributed by atoms with Gasteiger partial charge in [0.1, 0.15) is 5.54 Å². The predicted molar refractivity (Wildman–Crippen MR) is 112 cm³/mol. The molecule has 2 aromatic rings. The maximum Gasteiger partial charge on any atom is 0.373 e. The summed E-state index contributed by atoms with van der Waals surface area (Å²) in [5, 5.41) is 3.77. The van der Waals surface area contributed by atoms with Gasteiger partial charge >= 0.3 is 12.1 Å². The molecule has 0 aliphatic carbocycles. The smallest absolute Gasteiger partial charge is 0.373 e. The lowest BCUT2D eigenvalue weighted by atomic mass is 9.80. The maximum absolute atomic E-state index is 13.1. The number of benzene rings is 1. The first-order valence-electron chi connectivity index (χ1n) is 9.33. The Hall–Kier alpha value is -3.02. The Labute approximate surface area is 180 Å². The molecule has 0 bridgehead atoms. The van der Waals surface area contributed by atoms with Crippen molar-refractivity contribution >= 4 is 35.2 Å². The number of carbonyl (C=O) groups is 2. The third kappa shape index (κ3) is 7.10. The van der Waals surface area contributed by atoms with Gasteiger partial charge in [0.05, 0.1) is 6.10 Å². The van der Waals surface area contributed by atoms with Gasteiger partial charge in [-0.05, 0) is 50.1 Å². The molecule has 0 amide bonds. The van der Waals surface area contributed by atoms with Crippen molar-refractivity contribution in [3.8, 4) is 0 Å². The first-order valence-corrected chi connectivity index (χ1v) is 9.71. The molecule has 0 aliphatic heterocycles. The van der Waals surface area contributed by atoms with Gasteiger partial charge in [0, 0.05) is 35.1 Å². The number of pyridine rings is 1. The standard InChI is InChI=1S/C21H25ClN2O3.CO2/c1-14(2)21(20(26)27-15(3)4,24-18-9-5-8-17(22)11-18)12-19(25)16-7-6-10-23-13-16;2-1-3/h5-11,13-15,24H,12H2,1-4H3;. The fourth-order valence-corrected chi connectivity index (χ4v) is 2.97. The van der Waals surface area contributed by atoms with E-state index in [9.17, 15) is 9.59 Å². The Balaban J connectivity index is 0.00000141. The van der Waals surface area contributed by atoms with E-state index >= 15 is 0 Å². The summed E-state index contributed by atoms with van der Waals surface area (Å²) in [5.41, 5.74) is -0.134. The molecule has 1 aromatic carbocycles. The number of rotatable bonds is 8. The van der Waals surface area contributed by atoms with E-state index in [1.807, 2.05) is 13.8 Å². The molecule has 1 unspecified atom stereocenters. The van der Waals surface area contributed by atoms with E-state index in [-0.39, 0.29) is 30.4 Å². The fourth-order valence-electron chi connectivity index (χ4n) is 2.78. The molecule has 1 N–H and O–H groups in total. The van der Waals surface area contributed by atoms with E-state index in [4.69, 9.17) is 25.9 Å². The highest BCUT2D eigenvalue weighted by atomic mass is 35.5. The SMILES string of the molecule is CC(C)OC(=O)C(CC(=O)c1cccnc1)(Nc1cccc(Cl)c1)C(C)C.O=C=O. The van der Waals surface area contributed by atoms with E-state index in [0.717, 1.165) is 0 Å². The second kappa shape index (κ2) is 11.9. The van der Waals surface area contributed by atoms with Crippen molar-refractivity contribution in [2.24, 2.45) is 5.92 Å². The quantitative estimate of drug-likeness (QED) is 0.493. The van der Waals surface area contributed by atoms with Gasteiger partial charge in [-0.1, -0.05) is 31.5 Å². The van der Waals surface area contributed by atoms with Crippen LogP contribution in [0.4, 0.5) is 5.69 Å². The molecule has 1 atom stereocenters. The number of carbonyl (C=O) groups excluding carboxylic acids is 4. The van der Waals surface area contributed by atoms with Crippen LogP contribution in [0.2, 0.25) is 5.02 Å². The number of anilines is 1. The van der Waals surface area contributed by atoms with E-state index in [0.29, 0.717) is 16.3 Å². The molecule has 0 saturated heterocycles. The average Bonchev–Trinajstić information content (AvgIpc) is 2.68. The van der Waals surface area contributed by atoms with Crippen LogP contribution in [-0.2, 0) is 19.1 Å². The number of hydrogen-bond acceptors (Lipinski definition) is 7. The minimum absolute atomic E-state index is 0.0611. The number of Topliss-reactive ketones (excluding diaryl/α,β-unsaturated/α-hetero) is 1. The molecule has 30 heavy (non-hydrogen) atoms. The van der Waals surface area contributed by atoms with Crippen LogP contribution in [-0.4, -0.2) is 34.5 Å². The molecule has 1 aromatic heterocycles. The lowest BCUT2D eigenvalue weighted by Gasteiger charge is -2.37. The molecule has 2 rings (SSSR count). The third-order valence-corrected chi connectivity index (χ3v) is 4.54. The van der Waals surface area contributed by atoms with Crippen LogP contribution in [0.25, 0.3) is 0 Å². The van der Waals surface area contributed by atoms with Crippen molar-refractivity contribution in [2.45, 2.75) is 45.8 Å². The van der Waals surface area contributed by atoms with Gasteiger partial charge in [-0.2, -0.15) is 9.59 Å². The van der Waals surface area contributed by atoms with Crippen LogP contribution in [0, 0.1) is 5.92 Å². The van der Waals surface area contributed by atoms with Crippen LogP contribution in [0.1, 0.15) is 44.5 Å². The predicted octanol–water partition coefficient (Wildman–Crippen LogP) is 4.18. The first kappa shape index (κ1) is 25.0. The topological polar surface area (TPSA) is 102 Å². The monoisotopic (exact) mass is 432 g/mol. The zero-order valence-corrected chi connectivity index (χ0v) is 18.1. The summed E-state index contributed by atoms with van der Waals surface area (Å²) in [6.45, 7) is 7.34. The maximum atomic E-state index is 13.1. The highest BCUT2D eigenvalue weighted by Gasteiger charge is 2.45. The molecule has 1 heterocycles. The number of hydrogen-bond donors (Lipinski definition) is 1. The van der Waals surface area contributed by atoms with Crippen molar-refractivity contribution in [1.29, 1.82) is 0 Å². The van der Waals surface area contributed by atoms with Crippen LogP contribution < -0.4 is 5.32 Å². The van der Waals surface area contributed by atoms with E-state index in [2.05, 4.69) is 10.3 Å². The second-order valence-corrected chi connectivity index (χ2v) is 7.58. The molecule has 0 aliphatic rings. The van der Waals surface area contributed by atoms with Crippen LogP contribution in [0.15, 0.2) is 48.8 Å². The number of nitrogens with one attached hydrogen (secondary N) is 1. The zero-order chi connectivity index (χ0) is 22.7. The Kier molecular flexibility index (Phi) is 9.89. The Morgan fingerprint density at radius 3 is 2.33 bits per heavy atom. The minimum Gasteiger partial charge on any atom is -0.461 e. The number of ketones is 1. The fraction of sp³-hybridized carbons (Fsp3) is 0.364. The number of ether oxygens (including phenoxy) is 1. The van der Waals surface area contributed by atoms with E-state index in [1.54, 1.807) is 56.4 Å². The summed E-state index contributed by atoms with van der Waals surface area (Å²) in [4.78, 5) is 46.2. The number of aromatic nitrogens is 1. The molecule has 0 fully saturated rings. The number of halogens is 1. The van der Waals surface area contributed by atoms with Gasteiger partial charge in [-0.15, -0.1) is 0 Å². The zero-order valence-electron chi connectivity index (χ0n) is 17.3. The summed E-state index contributed by atoms with van der Waals surface area (Å²) >= 11 is 6.09. The van der Waals surface area contributed by atoms with Gasteiger partial charge in [0.15, 0.2) is 5.78 Å². The molecular formula is C22H25ClN2O5. The molecular weight excluding hydrogens is 408 g/mol. The average molecular weight is 433 g/mol. The molecule has 160 valence electrons. The van der Waals surface area contributed by atoms with E-state index in [1.165, 1.54) is 6.20 Å². The Morgan fingerprint density at radius 2 is 1.83 bits per heavy atom. The molecule has 7 nitrogen and oxygen atoms in total. The van der Waals surface area contributed by atoms with Gasteiger partial charge in [0.25, 0.3) is 0 Å². The number of esters is 1. The van der Waals surface area contributed by atoms with Crippen LogP contribution >= 0.6 is 11.6 Å². The first-order chi connectivity index (χ1) is 14.2. The van der Waals surface area contributed by atoms with Crippen molar-refractivity contribution in [3.63, 3.8) is 0 Å². The van der Waals surface area contributed by atoms with Gasteiger partial charge in [-0.25, -0.2) is 4.79 Å². The summed E-state index contributed by atoms with van der Waals surface area (Å²) in [6.07, 6.45) is 2.99. The van der Waals surface area contributed by atoms with Crippen molar-refractivity contribution in [3.05, 3.63) is 59.4 Å². The Morgan fingerprint density at radius 1 is 1.17 bits per heavy atom. The van der Waals surface area contributed by atoms with Crippen molar-refractivity contribution < 1.29 is 23.9 Å². The van der Waals surface area contributed by atoms with Gasteiger partial charge in [0.2, 0.25) is 0 Å². The third-order valence-electron chi connectivity index (χ3n) is 4.31. The van der Waals surface area contributed by atoms with Gasteiger partial charge in [-0.3, -0.25) is 9.78 Å². The molecule has 0 radical (unpaired) electrons. The highest BCUT2D eigenvalue weighted by molar-refractivity contribution is 6.30. The second-order valence-electron chi connectivity index (χ2n) is 7.14. The van der Waals surface area contributed by atoms with Crippen LogP contribution in [0.5, 0.6) is 0 Å². The van der Waals surface area contributed by atoms with E-state index < -0.39 is 11.5 Å². The number of nitrogens with zero attached hydrogens (tertiary/aromatic N) is 1. The van der Waals surface area contributed by atoms with Gasteiger partial charge < -0.3 is 10.1 Å². The molecule has 0 saturated carbocycles. The normalized spacial score (nSPS) is 12.2. The highest BCUT2D eigenvalue weighted by Crippen LogP contribution is 2.31. The van der Waals surface area contributed by atoms with Crippen molar-refractivity contribution in [2.75, 3.05) is 5.32 Å². The molecule has 0 spiro atoms.